The first-order chi connectivity index (χ1) is 12.0. The number of aromatic hydroxyl groups is 1. The van der Waals surface area contributed by atoms with Gasteiger partial charge in [-0.05, 0) is 25.0 Å². The summed E-state index contributed by atoms with van der Waals surface area (Å²) in [4.78, 5) is 13.9. The van der Waals surface area contributed by atoms with Crippen molar-refractivity contribution in [1.29, 1.82) is 0 Å². The Morgan fingerprint density at radius 2 is 1.76 bits per heavy atom. The number of hydrogen-bond acceptors (Lipinski definition) is 3. The van der Waals surface area contributed by atoms with Crippen molar-refractivity contribution in [2.75, 3.05) is 13.6 Å². The summed E-state index contributed by atoms with van der Waals surface area (Å²) < 4.78 is 0. The van der Waals surface area contributed by atoms with Gasteiger partial charge in [-0.25, -0.2) is 4.79 Å². The Morgan fingerprint density at radius 1 is 1.12 bits per heavy atom. The number of phenolic OH excluding ortho intramolecular Hbond substituents is 1. The molecule has 2 atom stereocenters. The summed E-state index contributed by atoms with van der Waals surface area (Å²) in [5, 5.41) is 22.5. The van der Waals surface area contributed by atoms with Gasteiger partial charge in [-0.3, -0.25) is 0 Å². The van der Waals surface area contributed by atoms with Gasteiger partial charge in [-0.15, -0.1) is 0 Å². The molecule has 134 valence electrons. The molecule has 0 aliphatic rings. The van der Waals surface area contributed by atoms with Crippen LogP contribution in [0.25, 0.3) is 0 Å². The summed E-state index contributed by atoms with van der Waals surface area (Å²) in [6.45, 7) is 2.52. The summed E-state index contributed by atoms with van der Waals surface area (Å²) >= 11 is 0. The van der Waals surface area contributed by atoms with E-state index in [4.69, 9.17) is 0 Å². The Balaban J connectivity index is 1.95. The average Bonchev–Trinajstić information content (AvgIpc) is 2.60. The number of phenols is 1. The third-order valence-corrected chi connectivity index (χ3v) is 4.14. The van der Waals surface area contributed by atoms with E-state index in [-0.39, 0.29) is 17.7 Å². The van der Waals surface area contributed by atoms with Crippen molar-refractivity contribution in [2.24, 2.45) is 0 Å². The van der Waals surface area contributed by atoms with Crippen molar-refractivity contribution in [1.82, 2.24) is 10.2 Å². The molecule has 2 aromatic carbocycles. The van der Waals surface area contributed by atoms with Crippen molar-refractivity contribution in [2.45, 2.75) is 31.9 Å². The number of urea groups is 1. The van der Waals surface area contributed by atoms with Crippen LogP contribution in [0, 0.1) is 0 Å². The molecule has 5 nitrogen and oxygen atoms in total. The van der Waals surface area contributed by atoms with Crippen LogP contribution in [0.4, 0.5) is 4.79 Å². The lowest BCUT2D eigenvalue weighted by Crippen LogP contribution is -2.39. The quantitative estimate of drug-likeness (QED) is 0.724. The monoisotopic (exact) mass is 342 g/mol. The molecular formula is C20H26N2O3. The predicted molar refractivity (Wildman–Crippen MR) is 98.5 cm³/mol. The topological polar surface area (TPSA) is 72.8 Å². The van der Waals surface area contributed by atoms with E-state index in [9.17, 15) is 15.0 Å². The number of nitrogens with one attached hydrogen (secondary N) is 1. The van der Waals surface area contributed by atoms with Crippen LogP contribution < -0.4 is 5.32 Å². The molecule has 0 heterocycles. The number of hydrogen-bond donors (Lipinski definition) is 3. The van der Waals surface area contributed by atoms with Crippen molar-refractivity contribution in [3.8, 4) is 5.75 Å². The first-order valence-corrected chi connectivity index (χ1v) is 8.46. The normalized spacial score (nSPS) is 13.1. The summed E-state index contributed by atoms with van der Waals surface area (Å²) in [7, 11) is 1.69. The van der Waals surface area contributed by atoms with Gasteiger partial charge < -0.3 is 20.4 Å². The van der Waals surface area contributed by atoms with Gasteiger partial charge in [-0.2, -0.15) is 0 Å². The predicted octanol–water partition coefficient (Wildman–Crippen LogP) is 3.09. The third-order valence-electron chi connectivity index (χ3n) is 4.14. The highest BCUT2D eigenvalue weighted by Gasteiger charge is 2.17. The third kappa shape index (κ3) is 5.80. The Kier molecular flexibility index (Phi) is 6.83. The number of aliphatic hydroxyl groups excluding tert-OH is 1. The molecule has 2 aromatic rings. The van der Waals surface area contributed by atoms with Gasteiger partial charge in [0.05, 0.1) is 12.6 Å². The van der Waals surface area contributed by atoms with Gasteiger partial charge in [0.25, 0.3) is 0 Å². The molecule has 5 heteroatoms. The fraction of sp³-hybridized carbons (Fsp3) is 0.350. The maximum Gasteiger partial charge on any atom is 0.317 e. The number of aliphatic hydroxyl groups is 1. The number of para-hydroxylation sites is 1. The van der Waals surface area contributed by atoms with E-state index in [1.54, 1.807) is 32.2 Å². The zero-order valence-corrected chi connectivity index (χ0v) is 14.7. The molecule has 2 unspecified atom stereocenters. The maximum absolute atomic E-state index is 12.4. The minimum atomic E-state index is -0.443. The summed E-state index contributed by atoms with van der Waals surface area (Å²) in [6, 6.07) is 16.6. The SMILES string of the molecule is CC(O)CC(CNC(=O)N(C)Cc1ccccc1O)c1ccccc1. The zero-order valence-electron chi connectivity index (χ0n) is 14.7. The number of carbonyl (C=O) groups is 1. The summed E-state index contributed by atoms with van der Waals surface area (Å²) in [5.74, 6) is 0.224. The molecule has 0 aromatic heterocycles. The number of carbonyl (C=O) groups excluding carboxylic acids is 1. The summed E-state index contributed by atoms with van der Waals surface area (Å²) in [6.07, 6.45) is 0.133. The number of amides is 2. The van der Waals surface area contributed by atoms with E-state index in [2.05, 4.69) is 5.32 Å². The van der Waals surface area contributed by atoms with Gasteiger partial charge in [-0.1, -0.05) is 48.5 Å². The largest absolute Gasteiger partial charge is 0.508 e. The first-order valence-electron chi connectivity index (χ1n) is 8.46. The van der Waals surface area contributed by atoms with Gasteiger partial charge in [0.15, 0.2) is 0 Å². The molecule has 2 rings (SSSR count). The van der Waals surface area contributed by atoms with Crippen molar-refractivity contribution < 1.29 is 15.0 Å². The van der Waals surface area contributed by atoms with Crippen molar-refractivity contribution >= 4 is 6.03 Å². The van der Waals surface area contributed by atoms with E-state index >= 15 is 0 Å². The molecule has 0 aliphatic carbocycles. The van der Waals surface area contributed by atoms with E-state index in [0.29, 0.717) is 25.1 Å². The Labute approximate surface area is 148 Å². The van der Waals surface area contributed by atoms with Crippen LogP contribution in [0.5, 0.6) is 5.75 Å². The van der Waals surface area contributed by atoms with E-state index in [1.807, 2.05) is 36.4 Å². The second kappa shape index (κ2) is 9.08. The smallest absolute Gasteiger partial charge is 0.317 e. The van der Waals surface area contributed by atoms with E-state index < -0.39 is 6.10 Å². The maximum atomic E-state index is 12.4. The fourth-order valence-electron chi connectivity index (χ4n) is 2.79. The molecule has 0 aliphatic heterocycles. The van der Waals surface area contributed by atoms with Crippen LogP contribution >= 0.6 is 0 Å². The van der Waals surface area contributed by atoms with Gasteiger partial charge >= 0.3 is 6.03 Å². The molecule has 0 saturated carbocycles. The second-order valence-electron chi connectivity index (χ2n) is 6.36. The lowest BCUT2D eigenvalue weighted by atomic mass is 9.93. The molecule has 3 N–H and O–H groups in total. The van der Waals surface area contributed by atoms with E-state index in [1.165, 1.54) is 4.90 Å². The van der Waals surface area contributed by atoms with Crippen LogP contribution in [0.3, 0.4) is 0 Å². The Morgan fingerprint density at radius 3 is 2.40 bits per heavy atom. The highest BCUT2D eigenvalue weighted by atomic mass is 16.3. The second-order valence-corrected chi connectivity index (χ2v) is 6.36. The highest BCUT2D eigenvalue weighted by Crippen LogP contribution is 2.21. The zero-order chi connectivity index (χ0) is 18.2. The minimum absolute atomic E-state index is 0.0451. The fourth-order valence-corrected chi connectivity index (χ4v) is 2.79. The number of nitrogens with zero attached hydrogens (tertiary/aromatic N) is 1. The number of benzene rings is 2. The van der Waals surface area contributed by atoms with Crippen LogP contribution in [0.1, 0.15) is 30.4 Å². The van der Waals surface area contributed by atoms with Crippen LogP contribution in [0.2, 0.25) is 0 Å². The lowest BCUT2D eigenvalue weighted by Gasteiger charge is -2.23. The van der Waals surface area contributed by atoms with Crippen molar-refractivity contribution in [3.05, 3.63) is 65.7 Å². The molecular weight excluding hydrogens is 316 g/mol. The Bertz CT molecular complexity index is 674. The van der Waals surface area contributed by atoms with Gasteiger partial charge in [0.2, 0.25) is 0 Å². The van der Waals surface area contributed by atoms with Gasteiger partial charge in [0, 0.05) is 25.1 Å². The Hall–Kier alpha value is -2.53. The molecule has 0 radical (unpaired) electrons. The van der Waals surface area contributed by atoms with Crippen LogP contribution in [0.15, 0.2) is 54.6 Å². The minimum Gasteiger partial charge on any atom is -0.508 e. The molecule has 0 saturated heterocycles. The standard InChI is InChI=1S/C20H26N2O3/c1-15(23)12-18(16-8-4-3-5-9-16)13-21-20(25)22(2)14-17-10-6-7-11-19(17)24/h3-11,15,18,23-24H,12-14H2,1-2H3,(H,21,25). The lowest BCUT2D eigenvalue weighted by molar-refractivity contribution is 0.171. The first kappa shape index (κ1) is 18.8. The van der Waals surface area contributed by atoms with Gasteiger partial charge in [0.1, 0.15) is 5.75 Å². The van der Waals surface area contributed by atoms with E-state index in [0.717, 1.165) is 5.56 Å². The van der Waals surface area contributed by atoms with Crippen LogP contribution in [-0.2, 0) is 6.54 Å². The highest BCUT2D eigenvalue weighted by molar-refractivity contribution is 5.74. The molecule has 0 bridgehead atoms. The average molecular weight is 342 g/mol. The number of rotatable bonds is 7. The molecule has 2 amide bonds. The summed E-state index contributed by atoms with van der Waals surface area (Å²) in [5.41, 5.74) is 1.79. The van der Waals surface area contributed by atoms with Crippen molar-refractivity contribution in [3.63, 3.8) is 0 Å². The molecule has 0 spiro atoms. The molecule has 0 fully saturated rings. The van der Waals surface area contributed by atoms with Crippen LogP contribution in [-0.4, -0.2) is 40.8 Å². The molecule has 25 heavy (non-hydrogen) atoms.